The minimum atomic E-state index is -3.91. The van der Waals surface area contributed by atoms with Gasteiger partial charge in [0.2, 0.25) is 9.84 Å². The quantitative estimate of drug-likeness (QED) is 0.334. The Hall–Kier alpha value is -3.47. The number of primary amides is 1. The molecule has 0 saturated heterocycles. The highest BCUT2D eigenvalue weighted by atomic mass is 32.2. The van der Waals surface area contributed by atoms with Gasteiger partial charge in [0.15, 0.2) is 0 Å². The smallest absolute Gasteiger partial charge is 0.252 e. The number of hydrogen-bond donors (Lipinski definition) is 4. The Kier molecular flexibility index (Phi) is 7.41. The molecule has 1 amide bonds. The third-order valence-electron chi connectivity index (χ3n) is 4.63. The lowest BCUT2D eigenvalue weighted by molar-refractivity contribution is 0.0997. The fourth-order valence-electron chi connectivity index (χ4n) is 2.90. The summed E-state index contributed by atoms with van der Waals surface area (Å²) in [6, 6.07) is 12.7. The summed E-state index contributed by atoms with van der Waals surface area (Å²) in [7, 11) is -3.91. The van der Waals surface area contributed by atoms with Crippen LogP contribution in [0, 0.1) is 0 Å². The van der Waals surface area contributed by atoms with Crippen molar-refractivity contribution in [2.45, 2.75) is 15.9 Å². The largest absolute Gasteiger partial charge is 0.507 e. The number of benzene rings is 2. The predicted molar refractivity (Wildman–Crippen MR) is 116 cm³/mol. The second kappa shape index (κ2) is 10.2. The third kappa shape index (κ3) is 5.61. The molecule has 3 rings (SSSR count). The molecular weight excluding hydrogens is 434 g/mol. The van der Waals surface area contributed by atoms with Crippen molar-refractivity contribution in [2.75, 3.05) is 19.7 Å². The monoisotopic (exact) mass is 457 g/mol. The van der Waals surface area contributed by atoms with E-state index in [4.69, 9.17) is 10.5 Å². The lowest BCUT2D eigenvalue weighted by atomic mass is 10.1. The number of phenols is 1. The van der Waals surface area contributed by atoms with Crippen LogP contribution in [0.4, 0.5) is 0 Å². The molecule has 168 valence electrons. The maximum atomic E-state index is 12.8. The molecule has 0 aliphatic carbocycles. The van der Waals surface area contributed by atoms with Crippen LogP contribution in [0.3, 0.4) is 0 Å². The van der Waals surface area contributed by atoms with Gasteiger partial charge in [-0.15, -0.1) is 0 Å². The van der Waals surface area contributed by atoms with E-state index in [0.717, 1.165) is 12.1 Å². The maximum Gasteiger partial charge on any atom is 0.252 e. The Morgan fingerprint density at radius 1 is 1.12 bits per heavy atom. The number of hydrogen-bond acceptors (Lipinski definition) is 8. The normalized spacial score (nSPS) is 12.3. The van der Waals surface area contributed by atoms with E-state index in [1.54, 1.807) is 24.5 Å². The zero-order valence-electron chi connectivity index (χ0n) is 17.0. The van der Waals surface area contributed by atoms with E-state index in [9.17, 15) is 23.4 Å². The lowest BCUT2D eigenvalue weighted by Gasteiger charge is -2.12. The van der Waals surface area contributed by atoms with Gasteiger partial charge in [0.1, 0.15) is 18.1 Å². The number of aliphatic hydroxyl groups is 1. The standard InChI is InChI=1S/C22H23N3O6S/c23-22(28)19-12-18(7-8-20(19)26)32(29,30)17-5-3-16(4-6-17)31-11-10-25-14-21(27)15-2-1-9-24-13-15/h1-9,12-13,21,25-27H,10-11,14H2,(H2,23,28)/t21-/m0/s1. The second-order valence-electron chi connectivity index (χ2n) is 6.87. The van der Waals surface area contributed by atoms with Gasteiger partial charge in [-0.05, 0) is 48.5 Å². The average Bonchev–Trinajstić information content (AvgIpc) is 2.79. The molecule has 0 unspecified atom stereocenters. The number of nitrogens with one attached hydrogen (secondary N) is 1. The van der Waals surface area contributed by atoms with Gasteiger partial charge in [-0.1, -0.05) is 6.07 Å². The van der Waals surface area contributed by atoms with Crippen molar-refractivity contribution in [3.63, 3.8) is 0 Å². The van der Waals surface area contributed by atoms with E-state index in [0.29, 0.717) is 31.0 Å². The third-order valence-corrected chi connectivity index (χ3v) is 6.40. The van der Waals surface area contributed by atoms with E-state index < -0.39 is 21.8 Å². The first-order chi connectivity index (χ1) is 15.3. The summed E-state index contributed by atoms with van der Waals surface area (Å²) < 4.78 is 31.2. The van der Waals surface area contributed by atoms with Crippen LogP contribution in [0.25, 0.3) is 0 Å². The molecule has 3 aromatic rings. The first kappa shape index (κ1) is 23.2. The first-order valence-corrected chi connectivity index (χ1v) is 11.2. The molecule has 0 radical (unpaired) electrons. The first-order valence-electron chi connectivity index (χ1n) is 9.68. The number of ether oxygens (including phenoxy) is 1. The van der Waals surface area contributed by atoms with Crippen LogP contribution in [-0.2, 0) is 9.84 Å². The molecule has 5 N–H and O–H groups in total. The number of aliphatic hydroxyl groups excluding tert-OH is 1. The van der Waals surface area contributed by atoms with Crippen LogP contribution in [0.2, 0.25) is 0 Å². The number of sulfone groups is 1. The van der Waals surface area contributed by atoms with Crippen molar-refractivity contribution in [3.05, 3.63) is 78.1 Å². The van der Waals surface area contributed by atoms with Gasteiger partial charge in [-0.3, -0.25) is 9.78 Å². The number of aromatic hydroxyl groups is 1. The maximum absolute atomic E-state index is 12.8. The Morgan fingerprint density at radius 2 is 1.84 bits per heavy atom. The van der Waals surface area contributed by atoms with E-state index >= 15 is 0 Å². The van der Waals surface area contributed by atoms with Crippen molar-refractivity contribution >= 4 is 15.7 Å². The Morgan fingerprint density at radius 3 is 2.50 bits per heavy atom. The SMILES string of the molecule is NC(=O)c1cc(S(=O)(=O)c2ccc(OCCNC[C@H](O)c3cccnc3)cc2)ccc1O. The van der Waals surface area contributed by atoms with E-state index in [1.165, 1.54) is 30.3 Å². The summed E-state index contributed by atoms with van der Waals surface area (Å²) >= 11 is 0. The summed E-state index contributed by atoms with van der Waals surface area (Å²) in [6.45, 7) is 1.12. The number of nitrogens with two attached hydrogens (primary N) is 1. The van der Waals surface area contributed by atoms with Crippen molar-refractivity contribution in [2.24, 2.45) is 5.73 Å². The van der Waals surface area contributed by atoms with Crippen molar-refractivity contribution in [3.8, 4) is 11.5 Å². The fourth-order valence-corrected chi connectivity index (χ4v) is 4.19. The number of pyridine rings is 1. The van der Waals surface area contributed by atoms with E-state index in [2.05, 4.69) is 10.3 Å². The van der Waals surface area contributed by atoms with Crippen LogP contribution >= 0.6 is 0 Å². The van der Waals surface area contributed by atoms with Crippen molar-refractivity contribution in [1.29, 1.82) is 0 Å². The van der Waals surface area contributed by atoms with Gasteiger partial charge in [-0.25, -0.2) is 8.42 Å². The minimum Gasteiger partial charge on any atom is -0.507 e. The molecule has 0 fully saturated rings. The van der Waals surface area contributed by atoms with Gasteiger partial charge in [0, 0.05) is 31.0 Å². The summed E-state index contributed by atoms with van der Waals surface area (Å²) in [5.41, 5.74) is 5.61. The van der Waals surface area contributed by atoms with Gasteiger partial charge >= 0.3 is 0 Å². The summed E-state index contributed by atoms with van der Waals surface area (Å²) in [6.07, 6.45) is 2.56. The predicted octanol–water partition coefficient (Wildman–Crippen LogP) is 1.42. The molecule has 0 bridgehead atoms. The summed E-state index contributed by atoms with van der Waals surface area (Å²) in [4.78, 5) is 15.2. The molecule has 10 heteroatoms. The molecule has 0 aliphatic rings. The van der Waals surface area contributed by atoms with E-state index in [1.807, 2.05) is 0 Å². The van der Waals surface area contributed by atoms with Crippen molar-refractivity contribution in [1.82, 2.24) is 10.3 Å². The van der Waals surface area contributed by atoms with Crippen LogP contribution in [0.15, 0.2) is 76.8 Å². The Bertz CT molecular complexity index is 1170. The minimum absolute atomic E-state index is 0.00341. The fraction of sp³-hybridized carbons (Fsp3) is 0.182. The zero-order valence-corrected chi connectivity index (χ0v) is 17.8. The molecule has 9 nitrogen and oxygen atoms in total. The second-order valence-corrected chi connectivity index (χ2v) is 8.82. The summed E-state index contributed by atoms with van der Waals surface area (Å²) in [5, 5.41) is 22.8. The number of nitrogens with zero attached hydrogens (tertiary/aromatic N) is 1. The number of aromatic nitrogens is 1. The van der Waals surface area contributed by atoms with Gasteiger partial charge in [0.25, 0.3) is 5.91 Å². The number of carbonyl (C=O) groups is 1. The highest BCUT2D eigenvalue weighted by Crippen LogP contribution is 2.27. The molecule has 32 heavy (non-hydrogen) atoms. The van der Waals surface area contributed by atoms with Crippen molar-refractivity contribution < 1.29 is 28.2 Å². The van der Waals surface area contributed by atoms with Crippen LogP contribution in [0.1, 0.15) is 22.0 Å². The topological polar surface area (TPSA) is 152 Å². The molecule has 2 aromatic carbocycles. The van der Waals surface area contributed by atoms with Crippen LogP contribution in [0.5, 0.6) is 11.5 Å². The van der Waals surface area contributed by atoms with E-state index in [-0.39, 0.29) is 21.1 Å². The average molecular weight is 458 g/mol. The van der Waals surface area contributed by atoms with Gasteiger partial charge < -0.3 is 26.0 Å². The van der Waals surface area contributed by atoms with Gasteiger partial charge in [0.05, 0.1) is 21.5 Å². The molecule has 0 spiro atoms. The lowest BCUT2D eigenvalue weighted by Crippen LogP contribution is -2.26. The summed E-state index contributed by atoms with van der Waals surface area (Å²) in [5.74, 6) is -0.839. The van der Waals surface area contributed by atoms with Crippen LogP contribution in [-0.4, -0.2) is 49.2 Å². The molecular formula is C22H23N3O6S. The Balaban J connectivity index is 1.54. The number of carbonyl (C=O) groups excluding carboxylic acids is 1. The zero-order chi connectivity index (χ0) is 23.1. The number of rotatable bonds is 10. The number of amides is 1. The molecule has 1 atom stereocenters. The molecule has 0 aliphatic heterocycles. The highest BCUT2D eigenvalue weighted by Gasteiger charge is 2.20. The highest BCUT2D eigenvalue weighted by molar-refractivity contribution is 7.91. The Labute approximate surface area is 185 Å². The molecule has 0 saturated carbocycles. The van der Waals surface area contributed by atoms with Crippen LogP contribution < -0.4 is 15.8 Å². The molecule has 1 heterocycles. The van der Waals surface area contributed by atoms with Gasteiger partial charge in [-0.2, -0.15) is 0 Å². The molecule has 1 aromatic heterocycles.